The highest BCUT2D eigenvalue weighted by Crippen LogP contribution is 2.20. The fourth-order valence-electron chi connectivity index (χ4n) is 4.13. The molecule has 5 aromatic rings. The van der Waals surface area contributed by atoms with Crippen LogP contribution in [0.25, 0.3) is 23.4 Å². The van der Waals surface area contributed by atoms with Gasteiger partial charge in [0.25, 0.3) is 0 Å². The number of hydrogen-bond donors (Lipinski definition) is 5. The van der Waals surface area contributed by atoms with E-state index in [9.17, 15) is 0 Å². The average Bonchev–Trinajstić information content (AvgIpc) is 3.58. The van der Waals surface area contributed by atoms with E-state index in [4.69, 9.17) is 5.73 Å². The van der Waals surface area contributed by atoms with Gasteiger partial charge in [0, 0.05) is 38.7 Å². The molecule has 0 radical (unpaired) electrons. The maximum atomic E-state index is 6.52. The van der Waals surface area contributed by atoms with E-state index in [1.54, 1.807) is 0 Å². The van der Waals surface area contributed by atoms with E-state index < -0.39 is 0 Å². The van der Waals surface area contributed by atoms with Gasteiger partial charge in [-0.15, -0.1) is 0 Å². The van der Waals surface area contributed by atoms with Crippen molar-refractivity contribution in [3.05, 3.63) is 129 Å². The Labute approximate surface area is 178 Å². The van der Waals surface area contributed by atoms with Gasteiger partial charge in [-0.2, -0.15) is 0 Å². The maximum absolute atomic E-state index is 6.52. The van der Waals surface area contributed by atoms with Gasteiger partial charge in [0.15, 0.2) is 0 Å². The minimum atomic E-state index is 0.679. The fourth-order valence-corrected chi connectivity index (χ4v) is 4.13. The first-order valence-electron chi connectivity index (χ1n) is 10.2. The molecule has 5 heteroatoms. The summed E-state index contributed by atoms with van der Waals surface area (Å²) in [5.41, 5.74) is 13.4. The highest BCUT2D eigenvalue weighted by Gasteiger charge is 2.10. The number of nitrogens with two attached hydrogens (primary N) is 1. The molecule has 8 bridgehead atoms. The van der Waals surface area contributed by atoms with Gasteiger partial charge in [-0.1, -0.05) is 30.3 Å². The van der Waals surface area contributed by atoms with E-state index in [0.29, 0.717) is 5.70 Å². The molecule has 6 N–H and O–H groups in total. The lowest BCUT2D eigenvalue weighted by molar-refractivity contribution is 1.19. The molecule has 1 aliphatic heterocycles. The van der Waals surface area contributed by atoms with Crippen LogP contribution >= 0.6 is 0 Å². The molecule has 0 spiro atoms. The van der Waals surface area contributed by atoms with Crippen LogP contribution in [0.5, 0.6) is 0 Å². The van der Waals surface area contributed by atoms with Gasteiger partial charge < -0.3 is 25.7 Å². The van der Waals surface area contributed by atoms with Crippen LogP contribution in [0.4, 0.5) is 0 Å². The topological polar surface area (TPSA) is 89.2 Å². The minimum absolute atomic E-state index is 0.679. The van der Waals surface area contributed by atoms with Crippen molar-refractivity contribution in [2.45, 2.75) is 0 Å². The van der Waals surface area contributed by atoms with Crippen LogP contribution < -0.4 is 27.1 Å². The predicted octanol–water partition coefficient (Wildman–Crippen LogP) is 1.33. The monoisotopic (exact) mass is 403 g/mol. The molecular weight excluding hydrogens is 382 g/mol. The lowest BCUT2D eigenvalue weighted by Crippen LogP contribution is -2.20. The van der Waals surface area contributed by atoms with E-state index in [1.807, 2.05) is 24.3 Å². The van der Waals surface area contributed by atoms with Gasteiger partial charge in [0.2, 0.25) is 0 Å². The molecule has 6 rings (SSSR count). The van der Waals surface area contributed by atoms with Crippen LogP contribution in [0.2, 0.25) is 0 Å². The van der Waals surface area contributed by atoms with E-state index in [0.717, 1.165) is 55.3 Å². The van der Waals surface area contributed by atoms with Crippen molar-refractivity contribution in [1.82, 2.24) is 19.9 Å². The molecule has 4 aromatic heterocycles. The van der Waals surface area contributed by atoms with E-state index in [-0.39, 0.29) is 0 Å². The summed E-state index contributed by atoms with van der Waals surface area (Å²) < 4.78 is 0. The zero-order valence-electron chi connectivity index (χ0n) is 16.7. The Bertz CT molecular complexity index is 1640. The van der Waals surface area contributed by atoms with Crippen molar-refractivity contribution in [2.75, 3.05) is 0 Å². The molecule has 0 saturated carbocycles. The molecule has 5 nitrogen and oxygen atoms in total. The van der Waals surface area contributed by atoms with Gasteiger partial charge >= 0.3 is 0 Å². The average molecular weight is 403 g/mol. The SMILES string of the molecule is NC1=c2ccc([nH]2)=C(c2ccccc2)c2ccc([nH]2)C=c2ccc([nH]2)=Cc2ccc1[nH]2. The van der Waals surface area contributed by atoms with E-state index >= 15 is 0 Å². The van der Waals surface area contributed by atoms with Crippen LogP contribution in [-0.2, 0) is 0 Å². The zero-order chi connectivity index (χ0) is 20.8. The van der Waals surface area contributed by atoms with Crippen LogP contribution in [0, 0.1) is 0 Å². The van der Waals surface area contributed by atoms with Gasteiger partial charge in [-0.3, -0.25) is 0 Å². The first-order chi connectivity index (χ1) is 15.2. The molecule has 1 aliphatic rings. The second kappa shape index (κ2) is 6.85. The molecule has 0 fully saturated rings. The quantitative estimate of drug-likeness (QED) is 0.287. The predicted molar refractivity (Wildman–Crippen MR) is 124 cm³/mol. The molecule has 150 valence electrons. The van der Waals surface area contributed by atoms with Gasteiger partial charge in [-0.05, 0) is 66.2 Å². The van der Waals surface area contributed by atoms with Crippen molar-refractivity contribution in [1.29, 1.82) is 0 Å². The molecule has 0 aliphatic carbocycles. The molecule has 5 heterocycles. The molecule has 31 heavy (non-hydrogen) atoms. The highest BCUT2D eigenvalue weighted by molar-refractivity contribution is 5.78. The second-order valence-electron chi connectivity index (χ2n) is 7.75. The number of hydrogen-bond acceptors (Lipinski definition) is 1. The summed E-state index contributed by atoms with van der Waals surface area (Å²) in [6.45, 7) is 0. The summed E-state index contributed by atoms with van der Waals surface area (Å²) in [4.78, 5) is 13.9. The third-order valence-corrected chi connectivity index (χ3v) is 5.64. The Kier molecular flexibility index (Phi) is 3.86. The normalized spacial score (nSPS) is 13.0. The number of fused-ring (bicyclic) bond motifs is 8. The summed E-state index contributed by atoms with van der Waals surface area (Å²) in [6.07, 6.45) is 4.18. The zero-order valence-corrected chi connectivity index (χ0v) is 16.7. The molecule has 0 atom stereocenters. The van der Waals surface area contributed by atoms with Crippen LogP contribution in [-0.4, -0.2) is 19.9 Å². The fraction of sp³-hybridized carbons (Fsp3) is 0. The van der Waals surface area contributed by atoms with Crippen molar-refractivity contribution in [3.63, 3.8) is 0 Å². The lowest BCUT2D eigenvalue weighted by Gasteiger charge is -2.05. The van der Waals surface area contributed by atoms with Crippen molar-refractivity contribution >= 4 is 23.4 Å². The summed E-state index contributed by atoms with van der Waals surface area (Å²) in [5.74, 6) is 0. The van der Waals surface area contributed by atoms with Crippen molar-refractivity contribution < 1.29 is 0 Å². The molecule has 0 unspecified atom stereocenters. The Hall–Kier alpha value is -4.38. The van der Waals surface area contributed by atoms with Crippen LogP contribution in [0.1, 0.15) is 28.3 Å². The van der Waals surface area contributed by atoms with E-state index in [1.165, 1.54) is 0 Å². The molecule has 0 saturated heterocycles. The van der Waals surface area contributed by atoms with E-state index in [2.05, 4.69) is 86.7 Å². The van der Waals surface area contributed by atoms with Gasteiger partial charge in [0.05, 0.1) is 16.7 Å². The molecule has 1 aromatic carbocycles. The first-order valence-corrected chi connectivity index (χ1v) is 10.2. The van der Waals surface area contributed by atoms with Gasteiger partial charge in [0.1, 0.15) is 0 Å². The number of H-pyrrole nitrogens is 4. The Morgan fingerprint density at radius 3 is 1.90 bits per heavy atom. The third-order valence-electron chi connectivity index (χ3n) is 5.64. The minimum Gasteiger partial charge on any atom is -0.395 e. The summed E-state index contributed by atoms with van der Waals surface area (Å²) in [6, 6.07) is 26.9. The third kappa shape index (κ3) is 3.13. The Balaban J connectivity index is 1.71. The summed E-state index contributed by atoms with van der Waals surface area (Å²) in [7, 11) is 0. The molecular formula is C26H21N5. The summed E-state index contributed by atoms with van der Waals surface area (Å²) in [5, 5.41) is 3.94. The lowest BCUT2D eigenvalue weighted by atomic mass is 10.0. The number of aromatic amines is 4. The van der Waals surface area contributed by atoms with Crippen LogP contribution in [0.3, 0.4) is 0 Å². The first kappa shape index (κ1) is 17.5. The standard InChI is InChI=1S/C26H21N5/c27-26-23-11-9-20(30-23)15-18-7-6-17(28-18)14-19-8-10-21(29-19)25(16-4-2-1-3-5-16)22-12-13-24(26)31-22/h1-15,28-31H,27H2. The summed E-state index contributed by atoms with van der Waals surface area (Å²) >= 11 is 0. The maximum Gasteiger partial charge on any atom is 0.0792 e. The van der Waals surface area contributed by atoms with Crippen molar-refractivity contribution in [2.24, 2.45) is 5.73 Å². The highest BCUT2D eigenvalue weighted by atomic mass is 14.8. The smallest absolute Gasteiger partial charge is 0.0792 e. The number of aromatic nitrogens is 4. The largest absolute Gasteiger partial charge is 0.395 e. The Morgan fingerprint density at radius 1 is 0.516 bits per heavy atom. The van der Waals surface area contributed by atoms with Gasteiger partial charge in [-0.25, -0.2) is 0 Å². The number of benzene rings is 1. The number of rotatable bonds is 1. The second-order valence-corrected chi connectivity index (χ2v) is 7.75. The molecule has 0 amide bonds. The van der Waals surface area contributed by atoms with Crippen LogP contribution in [0.15, 0.2) is 78.9 Å². The number of nitrogens with one attached hydrogen (secondary N) is 4. The van der Waals surface area contributed by atoms with Crippen molar-refractivity contribution in [3.8, 4) is 0 Å². The Morgan fingerprint density at radius 2 is 1.16 bits per heavy atom.